The first-order chi connectivity index (χ1) is 7.70. The van der Waals surface area contributed by atoms with E-state index >= 15 is 0 Å². The predicted octanol–water partition coefficient (Wildman–Crippen LogP) is -0.379. The van der Waals surface area contributed by atoms with Gasteiger partial charge >= 0.3 is 0 Å². The van der Waals surface area contributed by atoms with Gasteiger partial charge in [0.1, 0.15) is 0 Å². The normalized spacial score (nSPS) is 12.9. The van der Waals surface area contributed by atoms with Crippen LogP contribution in [0.5, 0.6) is 0 Å². The van der Waals surface area contributed by atoms with Crippen molar-refractivity contribution in [3.8, 4) is 0 Å². The van der Waals surface area contributed by atoms with Crippen molar-refractivity contribution in [1.29, 1.82) is 0 Å². The number of hydrogen-bond donors (Lipinski definition) is 5. The molecule has 1 aromatic heterocycles. The summed E-state index contributed by atoms with van der Waals surface area (Å²) in [5.41, 5.74) is 1.32. The van der Waals surface area contributed by atoms with Crippen LogP contribution in [0.1, 0.15) is 0 Å². The van der Waals surface area contributed by atoms with Crippen LogP contribution < -0.4 is 10.9 Å². The van der Waals surface area contributed by atoms with E-state index in [0.29, 0.717) is 10.9 Å². The lowest BCUT2D eigenvalue weighted by Gasteiger charge is -2.09. The minimum absolute atomic E-state index is 0.156. The number of hydrogen-bond acceptors (Lipinski definition) is 4. The molecule has 0 amide bonds. The summed E-state index contributed by atoms with van der Waals surface area (Å²) in [6.45, 7) is -0.0209. The molecule has 0 saturated heterocycles. The Morgan fingerprint density at radius 3 is 2.94 bits per heavy atom. The number of rotatable bonds is 4. The predicted molar refractivity (Wildman–Crippen MR) is 60.5 cm³/mol. The molecule has 5 N–H and O–H groups in total. The number of nitrogens with one attached hydrogen (secondary N) is 3. The van der Waals surface area contributed by atoms with Crippen LogP contribution in [-0.2, 0) is 0 Å². The van der Waals surface area contributed by atoms with Crippen LogP contribution in [0.2, 0.25) is 0 Å². The number of fused-ring (bicyclic) bond motifs is 1. The molecular weight excluding hydrogens is 210 g/mol. The SMILES string of the molecule is O=c1[nH][nH]c2cc(NCC(O)CO)ccc12. The zero-order valence-corrected chi connectivity index (χ0v) is 8.53. The summed E-state index contributed by atoms with van der Waals surface area (Å²) in [6, 6.07) is 5.20. The van der Waals surface area contributed by atoms with Gasteiger partial charge in [0.2, 0.25) is 0 Å². The fourth-order valence-corrected chi connectivity index (χ4v) is 1.45. The summed E-state index contributed by atoms with van der Waals surface area (Å²) in [5, 5.41) is 26.6. The number of aliphatic hydroxyl groups excluding tert-OH is 2. The second-order valence-electron chi connectivity index (χ2n) is 3.56. The molecule has 0 aliphatic carbocycles. The molecule has 6 nitrogen and oxygen atoms in total. The molecule has 1 aromatic carbocycles. The van der Waals surface area contributed by atoms with E-state index in [4.69, 9.17) is 10.2 Å². The fourth-order valence-electron chi connectivity index (χ4n) is 1.45. The minimum atomic E-state index is -0.791. The lowest BCUT2D eigenvalue weighted by atomic mass is 10.2. The van der Waals surface area contributed by atoms with E-state index < -0.39 is 6.10 Å². The smallest absolute Gasteiger partial charge is 0.271 e. The van der Waals surface area contributed by atoms with Crippen LogP contribution >= 0.6 is 0 Å². The molecule has 0 aliphatic heterocycles. The third-order valence-corrected chi connectivity index (χ3v) is 2.33. The van der Waals surface area contributed by atoms with Gasteiger partial charge in [0, 0.05) is 12.2 Å². The summed E-state index contributed by atoms with van der Waals surface area (Å²) < 4.78 is 0. The molecule has 0 fully saturated rings. The number of H-pyrrole nitrogens is 2. The van der Waals surface area contributed by atoms with Gasteiger partial charge < -0.3 is 15.5 Å². The highest BCUT2D eigenvalue weighted by Crippen LogP contribution is 2.13. The van der Waals surface area contributed by atoms with E-state index in [1.54, 1.807) is 18.2 Å². The monoisotopic (exact) mass is 223 g/mol. The van der Waals surface area contributed by atoms with Gasteiger partial charge in [0.15, 0.2) is 0 Å². The van der Waals surface area contributed by atoms with Crippen molar-refractivity contribution >= 4 is 16.6 Å². The molecule has 1 unspecified atom stereocenters. The highest BCUT2D eigenvalue weighted by molar-refractivity contribution is 5.81. The Labute approximate surface area is 90.9 Å². The second-order valence-corrected chi connectivity index (χ2v) is 3.56. The molecule has 0 saturated carbocycles. The van der Waals surface area contributed by atoms with Crippen molar-refractivity contribution in [2.75, 3.05) is 18.5 Å². The third kappa shape index (κ3) is 2.07. The number of anilines is 1. The standard InChI is InChI=1S/C10H13N3O3/c14-5-7(15)4-11-6-1-2-8-9(3-6)12-13-10(8)16/h1-3,7,11,14-15H,4-5H2,(H2,12,13,16). The number of benzene rings is 1. The number of aromatic nitrogens is 2. The molecular formula is C10H13N3O3. The van der Waals surface area contributed by atoms with Gasteiger partial charge in [0.25, 0.3) is 5.56 Å². The lowest BCUT2D eigenvalue weighted by Crippen LogP contribution is -2.22. The van der Waals surface area contributed by atoms with Gasteiger partial charge in [-0.3, -0.25) is 15.0 Å². The average molecular weight is 223 g/mol. The Kier molecular flexibility index (Phi) is 2.93. The summed E-state index contributed by atoms with van der Waals surface area (Å²) >= 11 is 0. The largest absolute Gasteiger partial charge is 0.394 e. The van der Waals surface area contributed by atoms with Gasteiger partial charge in [0.05, 0.1) is 23.6 Å². The third-order valence-electron chi connectivity index (χ3n) is 2.33. The van der Waals surface area contributed by atoms with Gasteiger partial charge in [-0.2, -0.15) is 0 Å². The quantitative estimate of drug-likeness (QED) is 0.487. The average Bonchev–Trinajstić information content (AvgIpc) is 2.67. The number of aromatic amines is 2. The molecule has 2 rings (SSSR count). The first-order valence-corrected chi connectivity index (χ1v) is 4.94. The highest BCUT2D eigenvalue weighted by Gasteiger charge is 2.04. The van der Waals surface area contributed by atoms with Gasteiger partial charge in [-0.1, -0.05) is 0 Å². The molecule has 0 bridgehead atoms. The maximum absolute atomic E-state index is 11.2. The zero-order chi connectivity index (χ0) is 11.5. The van der Waals surface area contributed by atoms with Crippen molar-refractivity contribution < 1.29 is 10.2 Å². The van der Waals surface area contributed by atoms with Crippen molar-refractivity contribution in [3.63, 3.8) is 0 Å². The molecule has 0 aliphatic rings. The van der Waals surface area contributed by atoms with Crippen LogP contribution in [0.3, 0.4) is 0 Å². The van der Waals surface area contributed by atoms with Crippen LogP contribution in [0.4, 0.5) is 5.69 Å². The first-order valence-electron chi connectivity index (χ1n) is 4.94. The van der Waals surface area contributed by atoms with Crippen LogP contribution in [0.25, 0.3) is 10.9 Å². The molecule has 1 heterocycles. The van der Waals surface area contributed by atoms with Crippen molar-refractivity contribution in [2.45, 2.75) is 6.10 Å². The minimum Gasteiger partial charge on any atom is -0.394 e. The molecule has 6 heteroatoms. The van der Waals surface area contributed by atoms with E-state index in [9.17, 15) is 4.79 Å². The van der Waals surface area contributed by atoms with Crippen LogP contribution in [0.15, 0.2) is 23.0 Å². The Balaban J connectivity index is 2.17. The first kappa shape index (κ1) is 10.7. The Hall–Kier alpha value is -1.79. The van der Waals surface area contributed by atoms with Crippen molar-refractivity contribution in [1.82, 2.24) is 10.2 Å². The fraction of sp³-hybridized carbons (Fsp3) is 0.300. The Bertz CT molecular complexity index is 531. The van der Waals surface area contributed by atoms with E-state index in [1.165, 1.54) is 0 Å². The molecule has 1 atom stereocenters. The second kappa shape index (κ2) is 4.38. The van der Waals surface area contributed by atoms with E-state index in [0.717, 1.165) is 5.69 Å². The summed E-state index contributed by atoms with van der Waals surface area (Å²) in [6.07, 6.45) is -0.791. The maximum Gasteiger partial charge on any atom is 0.271 e. The highest BCUT2D eigenvalue weighted by atomic mass is 16.3. The Morgan fingerprint density at radius 1 is 1.38 bits per heavy atom. The molecule has 0 spiro atoms. The Morgan fingerprint density at radius 2 is 2.19 bits per heavy atom. The zero-order valence-electron chi connectivity index (χ0n) is 8.53. The van der Waals surface area contributed by atoms with Crippen molar-refractivity contribution in [2.24, 2.45) is 0 Å². The molecule has 16 heavy (non-hydrogen) atoms. The molecule has 0 radical (unpaired) electrons. The lowest BCUT2D eigenvalue weighted by molar-refractivity contribution is 0.105. The summed E-state index contributed by atoms with van der Waals surface area (Å²) in [7, 11) is 0. The van der Waals surface area contributed by atoms with Crippen LogP contribution in [-0.4, -0.2) is 39.7 Å². The molecule has 86 valence electrons. The number of aliphatic hydroxyl groups is 2. The summed E-state index contributed by atoms with van der Waals surface area (Å²) in [5.74, 6) is 0. The van der Waals surface area contributed by atoms with Gasteiger partial charge in [-0.25, -0.2) is 0 Å². The van der Waals surface area contributed by atoms with E-state index in [-0.39, 0.29) is 18.7 Å². The van der Waals surface area contributed by atoms with E-state index in [1.807, 2.05) is 0 Å². The summed E-state index contributed by atoms with van der Waals surface area (Å²) in [4.78, 5) is 11.2. The van der Waals surface area contributed by atoms with Crippen molar-refractivity contribution in [3.05, 3.63) is 28.6 Å². The van der Waals surface area contributed by atoms with Crippen LogP contribution in [0, 0.1) is 0 Å². The topological polar surface area (TPSA) is 101 Å². The maximum atomic E-state index is 11.2. The van der Waals surface area contributed by atoms with E-state index in [2.05, 4.69) is 15.5 Å². The van der Waals surface area contributed by atoms with Gasteiger partial charge in [-0.05, 0) is 18.2 Å². The molecule has 2 aromatic rings. The van der Waals surface area contributed by atoms with Gasteiger partial charge in [-0.15, -0.1) is 0 Å².